The molecule has 3 rings (SSSR count). The van der Waals surface area contributed by atoms with E-state index in [1.54, 1.807) is 6.07 Å². The van der Waals surface area contributed by atoms with Crippen molar-refractivity contribution in [3.05, 3.63) is 93.0 Å². The van der Waals surface area contributed by atoms with Crippen LogP contribution in [0, 0.1) is 30.9 Å². The third-order valence-corrected chi connectivity index (χ3v) is 6.22. The van der Waals surface area contributed by atoms with E-state index < -0.39 is 15.0 Å². The van der Waals surface area contributed by atoms with E-state index in [9.17, 15) is 23.3 Å². The van der Waals surface area contributed by atoms with Gasteiger partial charge >= 0.3 is 10.1 Å². The van der Waals surface area contributed by atoms with Crippen LogP contribution >= 0.6 is 0 Å². The molecule has 0 fully saturated rings. The Bertz CT molecular complexity index is 1270. The van der Waals surface area contributed by atoms with Crippen molar-refractivity contribution in [3.63, 3.8) is 0 Å². The Balaban J connectivity index is 1.79. The van der Waals surface area contributed by atoms with Gasteiger partial charge in [0.1, 0.15) is 10.6 Å². The molecule has 0 bridgehead atoms. The molecule has 0 unspecified atom stereocenters. The molecule has 0 saturated heterocycles. The summed E-state index contributed by atoms with van der Waals surface area (Å²) < 4.78 is 30.3. The Kier molecular flexibility index (Phi) is 6.07. The van der Waals surface area contributed by atoms with Gasteiger partial charge < -0.3 is 9.50 Å². The number of hydrogen-bond acceptors (Lipinski definition) is 6. The van der Waals surface area contributed by atoms with Gasteiger partial charge in [0.05, 0.1) is 4.92 Å². The van der Waals surface area contributed by atoms with Crippen molar-refractivity contribution >= 4 is 27.4 Å². The van der Waals surface area contributed by atoms with E-state index in [0.29, 0.717) is 16.8 Å². The zero-order valence-corrected chi connectivity index (χ0v) is 17.9. The first-order valence-corrected chi connectivity index (χ1v) is 10.7. The summed E-state index contributed by atoms with van der Waals surface area (Å²) in [6.07, 6.45) is 0. The van der Waals surface area contributed by atoms with Crippen molar-refractivity contribution in [1.82, 2.24) is 0 Å². The molecule has 1 N–H and O–H groups in total. The summed E-state index contributed by atoms with van der Waals surface area (Å²) in [6.45, 7) is 5.37. The number of benzene rings is 3. The average Bonchev–Trinajstić information content (AvgIpc) is 2.71. The minimum absolute atomic E-state index is 0.0193. The van der Waals surface area contributed by atoms with Crippen LogP contribution in [0.1, 0.15) is 27.0 Å². The zero-order chi connectivity index (χ0) is 22.8. The predicted octanol–water partition coefficient (Wildman–Crippen LogP) is 4.54. The van der Waals surface area contributed by atoms with Crippen LogP contribution in [-0.2, 0) is 10.1 Å². The van der Waals surface area contributed by atoms with E-state index in [1.807, 2.05) is 26.0 Å². The number of anilines is 1. The van der Waals surface area contributed by atoms with E-state index in [0.717, 1.165) is 17.2 Å². The standard InChI is InChI=1S/C22H20N2O6S/c1-14-5-4-6-20(16(14)3)23-22(25)17-8-11-19(12-9-17)30-31(28,29)21-13-18(24(26)27)10-7-15(21)2/h4-13H,1-3H3,(H,23,25). The van der Waals surface area contributed by atoms with Crippen molar-refractivity contribution in [1.29, 1.82) is 0 Å². The number of carbonyl (C=O) groups excluding carboxylic acids is 1. The van der Waals surface area contributed by atoms with Gasteiger partial charge in [-0.05, 0) is 67.8 Å². The molecule has 1 amide bonds. The molecule has 0 aliphatic heterocycles. The second kappa shape index (κ2) is 8.57. The van der Waals surface area contributed by atoms with Gasteiger partial charge in [-0.25, -0.2) is 0 Å². The number of non-ortho nitro benzene ring substituents is 1. The second-order valence-electron chi connectivity index (χ2n) is 6.97. The third kappa shape index (κ3) is 4.89. The SMILES string of the molecule is Cc1ccc([N+](=O)[O-])cc1S(=O)(=O)Oc1ccc(C(=O)Nc2cccc(C)c2C)cc1. The molecular weight excluding hydrogens is 420 g/mol. The molecule has 31 heavy (non-hydrogen) atoms. The molecule has 0 radical (unpaired) electrons. The number of carbonyl (C=O) groups is 1. The summed E-state index contributed by atoms with van der Waals surface area (Å²) in [4.78, 5) is 22.5. The fourth-order valence-electron chi connectivity index (χ4n) is 2.89. The molecule has 160 valence electrons. The van der Waals surface area contributed by atoms with Crippen molar-refractivity contribution in [2.45, 2.75) is 25.7 Å². The van der Waals surface area contributed by atoms with Crippen LogP contribution in [-0.4, -0.2) is 19.2 Å². The van der Waals surface area contributed by atoms with Crippen LogP contribution in [0.2, 0.25) is 0 Å². The van der Waals surface area contributed by atoms with Gasteiger partial charge in [0.15, 0.2) is 0 Å². The Hall–Kier alpha value is -3.72. The third-order valence-electron chi connectivity index (χ3n) is 4.83. The number of nitro groups is 1. The fraction of sp³-hybridized carbons (Fsp3) is 0.136. The molecule has 3 aromatic carbocycles. The van der Waals surface area contributed by atoms with Crippen LogP contribution in [0.15, 0.2) is 65.6 Å². The Morgan fingerprint density at radius 3 is 2.29 bits per heavy atom. The smallest absolute Gasteiger partial charge is 0.339 e. The van der Waals surface area contributed by atoms with Crippen LogP contribution < -0.4 is 9.50 Å². The van der Waals surface area contributed by atoms with E-state index in [-0.39, 0.29) is 22.2 Å². The normalized spacial score (nSPS) is 11.1. The number of amides is 1. The maximum atomic E-state index is 12.6. The lowest BCUT2D eigenvalue weighted by molar-refractivity contribution is -0.385. The minimum atomic E-state index is -4.30. The van der Waals surface area contributed by atoms with E-state index >= 15 is 0 Å². The summed E-state index contributed by atoms with van der Waals surface area (Å²) in [7, 11) is -4.30. The molecule has 0 aromatic heterocycles. The number of rotatable bonds is 6. The quantitative estimate of drug-likeness (QED) is 0.342. The maximum Gasteiger partial charge on any atom is 0.339 e. The molecule has 0 atom stereocenters. The second-order valence-corrected chi connectivity index (χ2v) is 8.49. The highest BCUT2D eigenvalue weighted by atomic mass is 32.2. The van der Waals surface area contributed by atoms with Crippen molar-refractivity contribution in [2.24, 2.45) is 0 Å². The summed E-state index contributed by atoms with van der Waals surface area (Å²) in [5, 5.41) is 13.8. The van der Waals surface area contributed by atoms with Gasteiger partial charge in [-0.2, -0.15) is 8.42 Å². The van der Waals surface area contributed by atoms with Gasteiger partial charge in [0.2, 0.25) is 0 Å². The highest BCUT2D eigenvalue weighted by Crippen LogP contribution is 2.26. The summed E-state index contributed by atoms with van der Waals surface area (Å²) in [5.74, 6) is -0.369. The number of hydrogen-bond donors (Lipinski definition) is 1. The molecule has 0 heterocycles. The highest BCUT2D eigenvalue weighted by Gasteiger charge is 2.23. The van der Waals surface area contributed by atoms with Gasteiger partial charge in [0, 0.05) is 23.4 Å². The summed E-state index contributed by atoms with van der Waals surface area (Å²) in [6, 6.07) is 14.7. The molecule has 0 saturated carbocycles. The maximum absolute atomic E-state index is 12.6. The lowest BCUT2D eigenvalue weighted by atomic mass is 10.1. The van der Waals surface area contributed by atoms with Crippen LogP contribution in [0.3, 0.4) is 0 Å². The first kappa shape index (κ1) is 22.0. The van der Waals surface area contributed by atoms with Gasteiger partial charge in [-0.3, -0.25) is 14.9 Å². The fourth-order valence-corrected chi connectivity index (χ4v) is 4.07. The number of aryl methyl sites for hydroxylation is 2. The van der Waals surface area contributed by atoms with Gasteiger partial charge in [-0.1, -0.05) is 18.2 Å². The van der Waals surface area contributed by atoms with Crippen molar-refractivity contribution in [3.8, 4) is 5.75 Å². The van der Waals surface area contributed by atoms with Crippen molar-refractivity contribution < 1.29 is 22.3 Å². The number of nitrogens with zero attached hydrogens (tertiary/aromatic N) is 1. The molecule has 0 aliphatic carbocycles. The first-order chi connectivity index (χ1) is 14.6. The Morgan fingerprint density at radius 1 is 0.968 bits per heavy atom. The topological polar surface area (TPSA) is 116 Å². The molecular formula is C22H20N2O6S. The monoisotopic (exact) mass is 440 g/mol. The van der Waals surface area contributed by atoms with Crippen LogP contribution in [0.4, 0.5) is 11.4 Å². The molecule has 8 nitrogen and oxygen atoms in total. The molecule has 0 spiro atoms. The lowest BCUT2D eigenvalue weighted by Gasteiger charge is -2.11. The average molecular weight is 440 g/mol. The molecule has 3 aromatic rings. The van der Waals surface area contributed by atoms with Crippen LogP contribution in [0.25, 0.3) is 0 Å². The number of nitro benzene ring substituents is 1. The summed E-state index contributed by atoms with van der Waals surface area (Å²) >= 11 is 0. The predicted molar refractivity (Wildman–Crippen MR) is 116 cm³/mol. The molecule has 0 aliphatic rings. The Morgan fingerprint density at radius 2 is 1.65 bits per heavy atom. The molecule has 9 heteroatoms. The minimum Gasteiger partial charge on any atom is -0.379 e. The largest absolute Gasteiger partial charge is 0.379 e. The first-order valence-electron chi connectivity index (χ1n) is 9.25. The van der Waals surface area contributed by atoms with E-state index in [4.69, 9.17) is 4.18 Å². The zero-order valence-electron chi connectivity index (χ0n) is 17.1. The van der Waals surface area contributed by atoms with Gasteiger partial charge in [0.25, 0.3) is 11.6 Å². The van der Waals surface area contributed by atoms with Crippen molar-refractivity contribution in [2.75, 3.05) is 5.32 Å². The highest BCUT2D eigenvalue weighted by molar-refractivity contribution is 7.87. The van der Waals surface area contributed by atoms with Crippen LogP contribution in [0.5, 0.6) is 5.75 Å². The summed E-state index contributed by atoms with van der Waals surface area (Å²) in [5.41, 5.74) is 2.96. The van der Waals surface area contributed by atoms with E-state index in [1.165, 1.54) is 43.3 Å². The Labute approximate surface area is 179 Å². The van der Waals surface area contributed by atoms with Gasteiger partial charge in [-0.15, -0.1) is 0 Å². The number of nitrogens with one attached hydrogen (secondary N) is 1. The lowest BCUT2D eigenvalue weighted by Crippen LogP contribution is -2.14. The van der Waals surface area contributed by atoms with E-state index in [2.05, 4.69) is 5.32 Å².